The van der Waals surface area contributed by atoms with E-state index in [0.717, 1.165) is 19.3 Å². The van der Waals surface area contributed by atoms with E-state index in [9.17, 15) is 4.79 Å². The summed E-state index contributed by atoms with van der Waals surface area (Å²) in [6, 6.07) is 0.285. The highest BCUT2D eigenvalue weighted by Gasteiger charge is 2.14. The minimum absolute atomic E-state index is 0.130. The molecular formula is C11H22ClNO. The summed E-state index contributed by atoms with van der Waals surface area (Å²) in [6.07, 6.45) is 3.55. The second kappa shape index (κ2) is 8.10. The molecule has 0 aromatic carbocycles. The van der Waals surface area contributed by atoms with Gasteiger partial charge < -0.3 is 5.32 Å². The first-order valence-electron chi connectivity index (χ1n) is 5.51. The van der Waals surface area contributed by atoms with Gasteiger partial charge in [0.2, 0.25) is 5.91 Å². The zero-order chi connectivity index (χ0) is 11.0. The topological polar surface area (TPSA) is 29.1 Å². The van der Waals surface area contributed by atoms with Crippen molar-refractivity contribution in [3.8, 4) is 0 Å². The van der Waals surface area contributed by atoms with E-state index in [1.165, 1.54) is 0 Å². The van der Waals surface area contributed by atoms with E-state index in [4.69, 9.17) is 11.6 Å². The molecule has 0 spiro atoms. The molecule has 0 aromatic rings. The molecule has 0 heterocycles. The molecule has 0 saturated carbocycles. The van der Waals surface area contributed by atoms with Crippen LogP contribution in [0.3, 0.4) is 0 Å². The SMILES string of the molecule is CCC(CC)C(C)NC(=O)CCCCl. The molecule has 14 heavy (non-hydrogen) atoms. The summed E-state index contributed by atoms with van der Waals surface area (Å²) >= 11 is 5.52. The Morgan fingerprint density at radius 1 is 1.36 bits per heavy atom. The molecule has 1 amide bonds. The monoisotopic (exact) mass is 219 g/mol. The lowest BCUT2D eigenvalue weighted by Crippen LogP contribution is -2.37. The maximum atomic E-state index is 11.4. The van der Waals surface area contributed by atoms with Crippen LogP contribution in [0.25, 0.3) is 0 Å². The number of carbonyl (C=O) groups is 1. The lowest BCUT2D eigenvalue weighted by Gasteiger charge is -2.22. The van der Waals surface area contributed by atoms with Gasteiger partial charge in [0.15, 0.2) is 0 Å². The van der Waals surface area contributed by atoms with E-state index in [1.54, 1.807) is 0 Å². The van der Waals surface area contributed by atoms with Crippen molar-refractivity contribution >= 4 is 17.5 Å². The number of hydrogen-bond donors (Lipinski definition) is 1. The summed E-state index contributed by atoms with van der Waals surface area (Å²) in [5.74, 6) is 1.28. The van der Waals surface area contributed by atoms with Crippen LogP contribution in [0.5, 0.6) is 0 Å². The summed E-state index contributed by atoms with van der Waals surface area (Å²) in [5, 5.41) is 3.02. The van der Waals surface area contributed by atoms with Gasteiger partial charge >= 0.3 is 0 Å². The Hall–Kier alpha value is -0.240. The van der Waals surface area contributed by atoms with E-state index in [1.807, 2.05) is 0 Å². The van der Waals surface area contributed by atoms with Crippen molar-refractivity contribution in [1.82, 2.24) is 5.32 Å². The lowest BCUT2D eigenvalue weighted by molar-refractivity contribution is -0.122. The molecule has 0 radical (unpaired) electrons. The molecule has 84 valence electrons. The average molecular weight is 220 g/mol. The fourth-order valence-corrected chi connectivity index (χ4v) is 1.80. The highest BCUT2D eigenvalue weighted by Crippen LogP contribution is 2.12. The third-order valence-corrected chi connectivity index (χ3v) is 2.95. The van der Waals surface area contributed by atoms with E-state index in [-0.39, 0.29) is 11.9 Å². The molecule has 0 aliphatic heterocycles. The number of rotatable bonds is 7. The van der Waals surface area contributed by atoms with Gasteiger partial charge in [-0.3, -0.25) is 4.79 Å². The Morgan fingerprint density at radius 2 is 1.93 bits per heavy atom. The van der Waals surface area contributed by atoms with Gasteiger partial charge in [-0.25, -0.2) is 0 Å². The molecule has 1 N–H and O–H groups in total. The first-order valence-corrected chi connectivity index (χ1v) is 6.04. The fourth-order valence-electron chi connectivity index (χ4n) is 1.67. The van der Waals surface area contributed by atoms with Gasteiger partial charge in [-0.05, 0) is 19.3 Å². The average Bonchev–Trinajstić information content (AvgIpc) is 2.16. The van der Waals surface area contributed by atoms with Crippen molar-refractivity contribution in [2.75, 3.05) is 5.88 Å². The number of hydrogen-bond acceptors (Lipinski definition) is 1. The van der Waals surface area contributed by atoms with Crippen LogP contribution >= 0.6 is 11.6 Å². The number of nitrogens with one attached hydrogen (secondary N) is 1. The third kappa shape index (κ3) is 5.48. The smallest absolute Gasteiger partial charge is 0.220 e. The number of halogens is 1. The van der Waals surface area contributed by atoms with E-state index < -0.39 is 0 Å². The van der Waals surface area contributed by atoms with Crippen LogP contribution in [-0.2, 0) is 4.79 Å². The predicted molar refractivity (Wildman–Crippen MR) is 61.6 cm³/mol. The van der Waals surface area contributed by atoms with Crippen molar-refractivity contribution in [3.05, 3.63) is 0 Å². The minimum Gasteiger partial charge on any atom is -0.353 e. The van der Waals surface area contributed by atoms with E-state index in [2.05, 4.69) is 26.1 Å². The normalized spacial score (nSPS) is 12.9. The zero-order valence-electron chi connectivity index (χ0n) is 9.48. The molecule has 1 atom stereocenters. The van der Waals surface area contributed by atoms with Crippen molar-refractivity contribution in [3.63, 3.8) is 0 Å². The molecular weight excluding hydrogens is 198 g/mol. The Kier molecular flexibility index (Phi) is 7.96. The quantitative estimate of drug-likeness (QED) is 0.656. The van der Waals surface area contributed by atoms with Gasteiger partial charge in [0.1, 0.15) is 0 Å². The molecule has 1 unspecified atom stereocenters. The van der Waals surface area contributed by atoms with Gasteiger partial charge in [-0.2, -0.15) is 0 Å². The Labute approximate surface area is 92.4 Å². The van der Waals surface area contributed by atoms with Crippen LogP contribution in [0, 0.1) is 5.92 Å². The molecule has 0 saturated heterocycles. The third-order valence-electron chi connectivity index (χ3n) is 2.68. The molecule has 0 aromatic heterocycles. The summed E-state index contributed by atoms with van der Waals surface area (Å²) < 4.78 is 0. The summed E-state index contributed by atoms with van der Waals surface area (Å²) in [6.45, 7) is 6.40. The molecule has 0 aliphatic carbocycles. The van der Waals surface area contributed by atoms with Crippen molar-refractivity contribution in [2.24, 2.45) is 5.92 Å². The number of carbonyl (C=O) groups excluding carboxylic acids is 1. The Balaban J connectivity index is 3.79. The molecule has 0 aliphatic rings. The van der Waals surface area contributed by atoms with Crippen molar-refractivity contribution in [2.45, 2.75) is 52.5 Å². The van der Waals surface area contributed by atoms with Crippen LogP contribution in [0.2, 0.25) is 0 Å². The minimum atomic E-state index is 0.130. The summed E-state index contributed by atoms with van der Waals surface area (Å²) in [7, 11) is 0. The molecule has 3 heteroatoms. The van der Waals surface area contributed by atoms with Gasteiger partial charge in [0.25, 0.3) is 0 Å². The largest absolute Gasteiger partial charge is 0.353 e. The number of amides is 1. The maximum absolute atomic E-state index is 11.4. The van der Waals surface area contributed by atoms with Crippen LogP contribution in [0.4, 0.5) is 0 Å². The molecule has 0 rings (SSSR count). The highest BCUT2D eigenvalue weighted by molar-refractivity contribution is 6.17. The van der Waals surface area contributed by atoms with Crippen molar-refractivity contribution in [1.29, 1.82) is 0 Å². The number of alkyl halides is 1. The standard InChI is InChI=1S/C11H22ClNO/c1-4-10(5-2)9(3)13-11(14)7-6-8-12/h9-10H,4-8H2,1-3H3,(H,13,14). The first-order chi connectivity index (χ1) is 6.65. The van der Waals surface area contributed by atoms with Gasteiger partial charge in [0, 0.05) is 18.3 Å². The zero-order valence-corrected chi connectivity index (χ0v) is 10.2. The van der Waals surface area contributed by atoms with Crippen LogP contribution in [-0.4, -0.2) is 17.8 Å². The highest BCUT2D eigenvalue weighted by atomic mass is 35.5. The maximum Gasteiger partial charge on any atom is 0.220 e. The van der Waals surface area contributed by atoms with Crippen LogP contribution in [0.1, 0.15) is 46.5 Å². The molecule has 0 bridgehead atoms. The van der Waals surface area contributed by atoms with E-state index in [0.29, 0.717) is 18.2 Å². The lowest BCUT2D eigenvalue weighted by atomic mass is 9.95. The van der Waals surface area contributed by atoms with Crippen LogP contribution < -0.4 is 5.32 Å². The summed E-state index contributed by atoms with van der Waals surface area (Å²) in [4.78, 5) is 11.4. The van der Waals surface area contributed by atoms with Gasteiger partial charge in [-0.15, -0.1) is 11.6 Å². The van der Waals surface area contributed by atoms with E-state index >= 15 is 0 Å². The second-order valence-electron chi connectivity index (χ2n) is 3.73. The Morgan fingerprint density at radius 3 is 2.36 bits per heavy atom. The van der Waals surface area contributed by atoms with Gasteiger partial charge in [0.05, 0.1) is 0 Å². The Bertz CT molecular complexity index is 157. The van der Waals surface area contributed by atoms with Crippen molar-refractivity contribution < 1.29 is 4.79 Å². The molecule has 0 fully saturated rings. The van der Waals surface area contributed by atoms with Crippen LogP contribution in [0.15, 0.2) is 0 Å². The van der Waals surface area contributed by atoms with Gasteiger partial charge in [-0.1, -0.05) is 26.7 Å². The second-order valence-corrected chi connectivity index (χ2v) is 4.10. The predicted octanol–water partition coefficient (Wildman–Crippen LogP) is 2.95. The molecule has 2 nitrogen and oxygen atoms in total. The first kappa shape index (κ1) is 13.8. The summed E-state index contributed by atoms with van der Waals surface area (Å²) in [5.41, 5.74) is 0. The fraction of sp³-hybridized carbons (Fsp3) is 0.909.